The van der Waals surface area contributed by atoms with Crippen molar-refractivity contribution in [2.45, 2.75) is 38.1 Å². The number of nitriles is 1. The molecular formula is C21H22N4O3S. The van der Waals surface area contributed by atoms with E-state index in [1.54, 1.807) is 44.0 Å². The first-order valence-corrected chi connectivity index (χ1v) is 10.8. The molecule has 1 unspecified atom stereocenters. The highest BCUT2D eigenvalue weighted by atomic mass is 32.2. The minimum atomic E-state index is -3.78. The SMILES string of the molecule is Cc1cc(C#N)cc(C)c1S(=O)(=O)N1CCN2C(=O)c3c(ccnc3C)C2(C)C1. The summed E-state index contributed by atoms with van der Waals surface area (Å²) in [6, 6.07) is 7.08. The molecule has 2 aliphatic rings. The van der Waals surface area contributed by atoms with E-state index in [1.807, 2.05) is 13.0 Å². The van der Waals surface area contributed by atoms with Gasteiger partial charge in [0.15, 0.2) is 0 Å². The van der Waals surface area contributed by atoms with E-state index >= 15 is 0 Å². The molecule has 3 heterocycles. The second-order valence-corrected chi connectivity index (χ2v) is 9.81. The zero-order valence-electron chi connectivity index (χ0n) is 16.9. The lowest BCUT2D eigenvalue weighted by Gasteiger charge is -2.44. The Kier molecular flexibility index (Phi) is 4.30. The molecule has 1 aromatic carbocycles. The van der Waals surface area contributed by atoms with Gasteiger partial charge in [0.25, 0.3) is 5.91 Å². The third kappa shape index (κ3) is 2.69. The normalized spacial score (nSPS) is 21.6. The Morgan fingerprint density at radius 1 is 1.17 bits per heavy atom. The van der Waals surface area contributed by atoms with Gasteiger partial charge in [0.05, 0.1) is 33.3 Å². The summed E-state index contributed by atoms with van der Waals surface area (Å²) in [4.78, 5) is 19.2. The largest absolute Gasteiger partial charge is 0.326 e. The molecule has 1 atom stereocenters. The number of sulfonamides is 1. The smallest absolute Gasteiger partial charge is 0.256 e. The van der Waals surface area contributed by atoms with Gasteiger partial charge in [-0.2, -0.15) is 9.57 Å². The van der Waals surface area contributed by atoms with Crippen molar-refractivity contribution >= 4 is 15.9 Å². The quantitative estimate of drug-likeness (QED) is 0.757. The Morgan fingerprint density at radius 3 is 2.45 bits per heavy atom. The first-order chi connectivity index (χ1) is 13.6. The van der Waals surface area contributed by atoms with Crippen molar-refractivity contribution < 1.29 is 13.2 Å². The predicted molar refractivity (Wildman–Crippen MR) is 107 cm³/mol. The molecular weight excluding hydrogens is 388 g/mol. The summed E-state index contributed by atoms with van der Waals surface area (Å²) in [7, 11) is -3.78. The number of aryl methyl sites for hydroxylation is 3. The Labute approximate surface area is 170 Å². The average Bonchev–Trinajstić information content (AvgIpc) is 2.89. The lowest BCUT2D eigenvalue weighted by molar-refractivity contribution is 0.0375. The van der Waals surface area contributed by atoms with Crippen molar-refractivity contribution in [1.82, 2.24) is 14.2 Å². The molecule has 7 nitrogen and oxygen atoms in total. The monoisotopic (exact) mass is 410 g/mol. The van der Waals surface area contributed by atoms with Crippen molar-refractivity contribution in [3.8, 4) is 6.07 Å². The van der Waals surface area contributed by atoms with Crippen LogP contribution >= 0.6 is 0 Å². The van der Waals surface area contributed by atoms with E-state index in [-0.39, 0.29) is 23.9 Å². The van der Waals surface area contributed by atoms with Gasteiger partial charge in [-0.25, -0.2) is 8.42 Å². The third-order valence-electron chi connectivity index (χ3n) is 6.02. The molecule has 0 bridgehead atoms. The molecule has 0 spiro atoms. The maximum atomic E-state index is 13.5. The van der Waals surface area contributed by atoms with Crippen molar-refractivity contribution in [2.24, 2.45) is 0 Å². The molecule has 4 rings (SSSR count). The van der Waals surface area contributed by atoms with Crippen LogP contribution in [0.25, 0.3) is 0 Å². The highest BCUT2D eigenvalue weighted by Gasteiger charge is 2.52. The van der Waals surface area contributed by atoms with Crippen molar-refractivity contribution in [3.63, 3.8) is 0 Å². The summed E-state index contributed by atoms with van der Waals surface area (Å²) in [5.74, 6) is -0.0871. The number of piperazine rings is 1. The standard InChI is InChI=1S/C21H22N4O3S/c1-13-9-16(11-22)10-14(2)19(13)29(27,28)24-7-8-25-20(26)18-15(3)23-6-5-17(18)21(25,4)12-24/h5-6,9-10H,7-8,12H2,1-4H3. The summed E-state index contributed by atoms with van der Waals surface area (Å²) in [5, 5.41) is 9.15. The van der Waals surface area contributed by atoms with Gasteiger partial charge in [0.1, 0.15) is 0 Å². The minimum absolute atomic E-state index is 0.0871. The number of benzene rings is 1. The van der Waals surface area contributed by atoms with Crippen molar-refractivity contribution in [1.29, 1.82) is 5.26 Å². The second-order valence-electron chi connectivity index (χ2n) is 7.94. The van der Waals surface area contributed by atoms with E-state index in [0.717, 1.165) is 5.56 Å². The van der Waals surface area contributed by atoms with Crippen molar-refractivity contribution in [3.05, 3.63) is 57.9 Å². The summed E-state index contributed by atoms with van der Waals surface area (Å²) in [6.45, 7) is 7.85. The highest BCUT2D eigenvalue weighted by Crippen LogP contribution is 2.43. The molecule has 150 valence electrons. The first kappa shape index (κ1) is 19.6. The number of hydrogen-bond donors (Lipinski definition) is 0. The summed E-state index contributed by atoms with van der Waals surface area (Å²) < 4.78 is 28.6. The fourth-order valence-electron chi connectivity index (χ4n) is 4.70. The summed E-state index contributed by atoms with van der Waals surface area (Å²) >= 11 is 0. The molecule has 1 amide bonds. The Bertz CT molecular complexity index is 1180. The average molecular weight is 410 g/mol. The highest BCUT2D eigenvalue weighted by molar-refractivity contribution is 7.89. The van der Waals surface area contributed by atoms with Crippen LogP contribution in [0.15, 0.2) is 29.3 Å². The summed E-state index contributed by atoms with van der Waals surface area (Å²) in [5.41, 5.74) is 2.88. The number of pyridine rings is 1. The van der Waals surface area contributed by atoms with Crippen LogP contribution in [-0.4, -0.2) is 48.1 Å². The number of rotatable bonds is 2. The fourth-order valence-corrected chi connectivity index (χ4v) is 6.63. The Morgan fingerprint density at radius 2 is 1.83 bits per heavy atom. The topological polar surface area (TPSA) is 94.4 Å². The zero-order chi connectivity index (χ0) is 21.1. The van der Waals surface area contributed by atoms with E-state index in [1.165, 1.54) is 4.31 Å². The van der Waals surface area contributed by atoms with Crippen LogP contribution in [0.4, 0.5) is 0 Å². The maximum Gasteiger partial charge on any atom is 0.256 e. The van der Waals surface area contributed by atoms with Crippen LogP contribution < -0.4 is 0 Å². The van der Waals surface area contributed by atoms with Gasteiger partial charge in [-0.05, 0) is 62.6 Å². The number of fused-ring (bicyclic) bond motifs is 3. The minimum Gasteiger partial charge on any atom is -0.326 e. The van der Waals surface area contributed by atoms with Crippen LogP contribution in [0.1, 0.15) is 45.2 Å². The fraction of sp³-hybridized carbons (Fsp3) is 0.381. The van der Waals surface area contributed by atoms with Crippen LogP contribution in [0.5, 0.6) is 0 Å². The molecule has 0 aliphatic carbocycles. The van der Waals surface area contributed by atoms with Crippen LogP contribution in [0, 0.1) is 32.1 Å². The molecule has 2 aliphatic heterocycles. The third-order valence-corrected chi connectivity index (χ3v) is 8.17. The Hall–Kier alpha value is -2.76. The van der Waals surface area contributed by atoms with Gasteiger partial charge in [-0.15, -0.1) is 0 Å². The maximum absolute atomic E-state index is 13.5. The lowest BCUT2D eigenvalue weighted by Crippen LogP contribution is -2.58. The van der Waals surface area contributed by atoms with E-state index in [4.69, 9.17) is 5.26 Å². The van der Waals surface area contributed by atoms with Gasteiger partial charge in [0, 0.05) is 25.8 Å². The molecule has 0 N–H and O–H groups in total. The Balaban J connectivity index is 1.78. The van der Waals surface area contributed by atoms with Crippen LogP contribution in [-0.2, 0) is 15.6 Å². The predicted octanol–water partition coefficient (Wildman–Crippen LogP) is 2.25. The second kappa shape index (κ2) is 6.37. The number of amides is 1. The number of hydrogen-bond acceptors (Lipinski definition) is 5. The van der Waals surface area contributed by atoms with E-state index < -0.39 is 15.6 Å². The number of nitrogens with zero attached hydrogens (tertiary/aromatic N) is 4. The van der Waals surface area contributed by atoms with Gasteiger partial charge >= 0.3 is 0 Å². The zero-order valence-corrected chi connectivity index (χ0v) is 17.7. The molecule has 0 radical (unpaired) electrons. The molecule has 8 heteroatoms. The van der Waals surface area contributed by atoms with E-state index in [9.17, 15) is 13.2 Å². The number of carbonyl (C=O) groups excluding carboxylic acids is 1. The van der Waals surface area contributed by atoms with E-state index in [0.29, 0.717) is 34.5 Å². The van der Waals surface area contributed by atoms with Crippen LogP contribution in [0.3, 0.4) is 0 Å². The lowest BCUT2D eigenvalue weighted by atomic mass is 9.90. The molecule has 0 saturated carbocycles. The molecule has 1 aromatic heterocycles. The number of carbonyl (C=O) groups is 1. The number of aromatic nitrogens is 1. The van der Waals surface area contributed by atoms with E-state index in [2.05, 4.69) is 11.1 Å². The molecule has 2 aromatic rings. The summed E-state index contributed by atoms with van der Waals surface area (Å²) in [6.07, 6.45) is 1.67. The van der Waals surface area contributed by atoms with Gasteiger partial charge in [0.2, 0.25) is 10.0 Å². The first-order valence-electron chi connectivity index (χ1n) is 9.41. The molecule has 1 saturated heterocycles. The van der Waals surface area contributed by atoms with Gasteiger partial charge in [-0.3, -0.25) is 9.78 Å². The molecule has 29 heavy (non-hydrogen) atoms. The van der Waals surface area contributed by atoms with Gasteiger partial charge < -0.3 is 4.90 Å². The molecule has 1 fully saturated rings. The van der Waals surface area contributed by atoms with Crippen LogP contribution in [0.2, 0.25) is 0 Å². The van der Waals surface area contributed by atoms with Gasteiger partial charge in [-0.1, -0.05) is 0 Å². The van der Waals surface area contributed by atoms with Crippen molar-refractivity contribution in [2.75, 3.05) is 19.6 Å².